The lowest BCUT2D eigenvalue weighted by Gasteiger charge is -2.25. The zero-order valence-corrected chi connectivity index (χ0v) is 16.9. The normalized spacial score (nSPS) is 19.5. The molecule has 3 rings (SSSR count). The first-order valence-electron chi connectivity index (χ1n) is 8.92. The molecule has 1 aromatic rings. The second kappa shape index (κ2) is 12.2. The van der Waals surface area contributed by atoms with Gasteiger partial charge in [-0.2, -0.15) is 0 Å². The van der Waals surface area contributed by atoms with E-state index >= 15 is 0 Å². The van der Waals surface area contributed by atoms with Gasteiger partial charge in [-0.3, -0.25) is 14.5 Å². The molecule has 9 heteroatoms. The van der Waals surface area contributed by atoms with E-state index in [0.717, 1.165) is 43.9 Å². The van der Waals surface area contributed by atoms with Crippen LogP contribution in [-0.2, 0) is 14.3 Å². The predicted molar refractivity (Wildman–Crippen MR) is 111 cm³/mol. The number of hydrogen-bond donors (Lipinski definition) is 3. The number of anilines is 2. The Hall–Kier alpha value is -1.38. The average Bonchev–Trinajstić information content (AvgIpc) is 3.10. The molecule has 2 saturated heterocycles. The van der Waals surface area contributed by atoms with Crippen LogP contribution >= 0.6 is 24.8 Å². The van der Waals surface area contributed by atoms with E-state index < -0.39 is 0 Å². The molecule has 0 bridgehead atoms. The Morgan fingerprint density at radius 1 is 1.04 bits per heavy atom. The van der Waals surface area contributed by atoms with Gasteiger partial charge in [-0.15, -0.1) is 24.8 Å². The van der Waals surface area contributed by atoms with Crippen LogP contribution in [0.1, 0.15) is 19.3 Å². The summed E-state index contributed by atoms with van der Waals surface area (Å²) >= 11 is 0. The van der Waals surface area contributed by atoms with Gasteiger partial charge in [0.15, 0.2) is 0 Å². The van der Waals surface area contributed by atoms with E-state index in [1.54, 1.807) is 12.1 Å². The van der Waals surface area contributed by atoms with Crippen molar-refractivity contribution in [2.24, 2.45) is 0 Å². The Labute approximate surface area is 172 Å². The molecule has 2 amide bonds. The molecule has 1 unspecified atom stereocenters. The number of carbonyl (C=O) groups excluding carboxylic acids is 2. The van der Waals surface area contributed by atoms with Crippen molar-refractivity contribution >= 4 is 48.0 Å². The summed E-state index contributed by atoms with van der Waals surface area (Å²) in [5.74, 6) is -0.0190. The number of carbonyl (C=O) groups is 2. The van der Waals surface area contributed by atoms with Crippen molar-refractivity contribution in [3.05, 3.63) is 24.3 Å². The van der Waals surface area contributed by atoms with Gasteiger partial charge in [-0.1, -0.05) is 0 Å². The molecule has 3 N–H and O–H groups in total. The maximum atomic E-state index is 12.1. The molecule has 152 valence electrons. The maximum Gasteiger partial charge on any atom is 0.238 e. The molecular formula is C18H28Cl2N4O3. The number of halogens is 2. The van der Waals surface area contributed by atoms with Gasteiger partial charge in [0.2, 0.25) is 11.8 Å². The molecular weight excluding hydrogens is 391 g/mol. The van der Waals surface area contributed by atoms with Crippen LogP contribution in [0.15, 0.2) is 24.3 Å². The lowest BCUT2D eigenvalue weighted by Crippen LogP contribution is -2.41. The minimum Gasteiger partial charge on any atom is -0.379 e. The Morgan fingerprint density at radius 3 is 2.19 bits per heavy atom. The monoisotopic (exact) mass is 418 g/mol. The number of nitrogens with one attached hydrogen (secondary N) is 3. The number of amides is 2. The van der Waals surface area contributed by atoms with Gasteiger partial charge in [0, 0.05) is 36.9 Å². The van der Waals surface area contributed by atoms with E-state index in [9.17, 15) is 9.59 Å². The van der Waals surface area contributed by atoms with Gasteiger partial charge >= 0.3 is 0 Å². The van der Waals surface area contributed by atoms with Crippen LogP contribution in [0, 0.1) is 0 Å². The van der Waals surface area contributed by atoms with Crippen molar-refractivity contribution in [1.29, 1.82) is 0 Å². The highest BCUT2D eigenvalue weighted by Gasteiger charge is 2.17. The summed E-state index contributed by atoms with van der Waals surface area (Å²) in [5.41, 5.74) is 1.47. The van der Waals surface area contributed by atoms with Crippen LogP contribution in [0.25, 0.3) is 0 Å². The number of rotatable bonds is 6. The summed E-state index contributed by atoms with van der Waals surface area (Å²) < 4.78 is 5.27. The van der Waals surface area contributed by atoms with Crippen LogP contribution in [-0.4, -0.2) is 62.1 Å². The molecule has 2 heterocycles. The van der Waals surface area contributed by atoms with Gasteiger partial charge in [0.25, 0.3) is 0 Å². The maximum absolute atomic E-state index is 12.1. The van der Waals surface area contributed by atoms with Gasteiger partial charge in [-0.25, -0.2) is 0 Å². The molecule has 1 atom stereocenters. The number of ether oxygens (including phenoxy) is 1. The Kier molecular flexibility index (Phi) is 10.6. The van der Waals surface area contributed by atoms with Crippen molar-refractivity contribution in [2.45, 2.75) is 25.3 Å². The van der Waals surface area contributed by atoms with Gasteiger partial charge < -0.3 is 20.7 Å². The third-order valence-electron chi connectivity index (χ3n) is 4.52. The third kappa shape index (κ3) is 8.02. The van der Waals surface area contributed by atoms with E-state index in [1.807, 2.05) is 12.1 Å². The molecule has 0 saturated carbocycles. The largest absolute Gasteiger partial charge is 0.379 e. The molecule has 2 fully saturated rings. The van der Waals surface area contributed by atoms with E-state index in [4.69, 9.17) is 4.74 Å². The number of benzene rings is 1. The van der Waals surface area contributed by atoms with Crippen LogP contribution in [0.5, 0.6) is 0 Å². The number of morpholine rings is 1. The minimum absolute atomic E-state index is 0. The fraction of sp³-hybridized carbons (Fsp3) is 0.556. The lowest BCUT2D eigenvalue weighted by atomic mass is 10.1. The molecule has 0 aliphatic carbocycles. The standard InChI is InChI=1S/C18H26N4O3.2ClH/c23-17(12-16-2-1-7-19-16)20-14-3-5-15(6-4-14)21-18(24)13-22-8-10-25-11-9-22;;/h3-6,16,19H,1-2,7-13H2,(H,20,23)(H,21,24);2*1H. The SMILES string of the molecule is Cl.Cl.O=C(CC1CCCN1)Nc1ccc(NC(=O)CN2CCOCC2)cc1. The molecule has 0 spiro atoms. The van der Waals surface area contributed by atoms with Crippen molar-refractivity contribution in [3.63, 3.8) is 0 Å². The summed E-state index contributed by atoms with van der Waals surface area (Å²) in [6.07, 6.45) is 2.69. The number of nitrogens with zero attached hydrogens (tertiary/aromatic N) is 1. The second-order valence-corrected chi connectivity index (χ2v) is 6.56. The Bertz CT molecular complexity index is 589. The summed E-state index contributed by atoms with van der Waals surface area (Å²) in [7, 11) is 0. The quantitative estimate of drug-likeness (QED) is 0.656. The fourth-order valence-electron chi connectivity index (χ4n) is 3.17. The van der Waals surface area contributed by atoms with Crippen molar-refractivity contribution in [1.82, 2.24) is 10.2 Å². The van der Waals surface area contributed by atoms with Crippen LogP contribution in [0.4, 0.5) is 11.4 Å². The van der Waals surface area contributed by atoms with Crippen molar-refractivity contribution in [2.75, 3.05) is 50.0 Å². The lowest BCUT2D eigenvalue weighted by molar-refractivity contribution is -0.118. The van der Waals surface area contributed by atoms with Crippen molar-refractivity contribution in [3.8, 4) is 0 Å². The fourth-order valence-corrected chi connectivity index (χ4v) is 3.17. The molecule has 27 heavy (non-hydrogen) atoms. The van der Waals surface area contributed by atoms with Crippen LogP contribution in [0.3, 0.4) is 0 Å². The summed E-state index contributed by atoms with van der Waals surface area (Å²) in [5, 5.41) is 9.10. The predicted octanol–water partition coefficient (Wildman–Crippen LogP) is 1.88. The minimum atomic E-state index is -0.0361. The smallest absolute Gasteiger partial charge is 0.238 e. The van der Waals surface area contributed by atoms with E-state index in [-0.39, 0.29) is 36.6 Å². The first-order valence-corrected chi connectivity index (χ1v) is 8.92. The topological polar surface area (TPSA) is 82.7 Å². The van der Waals surface area contributed by atoms with Crippen molar-refractivity contribution < 1.29 is 14.3 Å². The van der Waals surface area contributed by atoms with Gasteiger partial charge in [0.1, 0.15) is 0 Å². The van der Waals surface area contributed by atoms with E-state index in [2.05, 4.69) is 20.9 Å². The highest BCUT2D eigenvalue weighted by atomic mass is 35.5. The second-order valence-electron chi connectivity index (χ2n) is 6.56. The highest BCUT2D eigenvalue weighted by Crippen LogP contribution is 2.15. The molecule has 7 nitrogen and oxygen atoms in total. The molecule has 2 aliphatic heterocycles. The molecule has 0 radical (unpaired) electrons. The Morgan fingerprint density at radius 2 is 1.63 bits per heavy atom. The first-order chi connectivity index (χ1) is 12.2. The molecule has 1 aromatic carbocycles. The van der Waals surface area contributed by atoms with E-state index in [1.165, 1.54) is 0 Å². The van der Waals surface area contributed by atoms with Crippen LogP contribution in [0.2, 0.25) is 0 Å². The Balaban J connectivity index is 0.00000182. The van der Waals surface area contributed by atoms with Gasteiger partial charge in [0.05, 0.1) is 19.8 Å². The summed E-state index contributed by atoms with van der Waals surface area (Å²) in [4.78, 5) is 26.2. The summed E-state index contributed by atoms with van der Waals surface area (Å²) in [6.45, 7) is 4.30. The zero-order valence-electron chi connectivity index (χ0n) is 15.2. The molecule has 2 aliphatic rings. The van der Waals surface area contributed by atoms with E-state index in [0.29, 0.717) is 32.2 Å². The third-order valence-corrected chi connectivity index (χ3v) is 4.52. The van der Waals surface area contributed by atoms with Gasteiger partial charge in [-0.05, 0) is 43.7 Å². The average molecular weight is 419 g/mol. The van der Waals surface area contributed by atoms with Crippen LogP contribution < -0.4 is 16.0 Å². The molecule has 0 aromatic heterocycles. The number of hydrogen-bond acceptors (Lipinski definition) is 5. The highest BCUT2D eigenvalue weighted by molar-refractivity contribution is 5.94. The zero-order chi connectivity index (χ0) is 17.5. The first kappa shape index (κ1) is 23.7. The summed E-state index contributed by atoms with van der Waals surface area (Å²) in [6, 6.07) is 7.52.